The van der Waals surface area contributed by atoms with E-state index in [0.717, 1.165) is 26.4 Å². The Kier molecular flexibility index (Phi) is 4.42. The third-order valence-corrected chi connectivity index (χ3v) is 2.50. The molecule has 0 saturated carbocycles. The minimum Gasteiger partial charge on any atom is -0.465 e. The number of hydrogen-bond donors (Lipinski definition) is 2. The Hall–Kier alpha value is -2.90. The molecule has 0 radical (unpaired) electrons. The van der Waals surface area contributed by atoms with Crippen molar-refractivity contribution in [3.63, 3.8) is 0 Å². The first-order valence-electron chi connectivity index (χ1n) is 5.27. The Morgan fingerprint density at radius 1 is 0.750 bits per heavy atom. The van der Waals surface area contributed by atoms with Gasteiger partial charge in [-0.05, 0) is 12.1 Å². The van der Waals surface area contributed by atoms with E-state index in [-0.39, 0.29) is 22.3 Å². The summed E-state index contributed by atoms with van der Waals surface area (Å²) in [5, 5.41) is 0. The average molecular weight is 280 g/mol. The lowest BCUT2D eigenvalue weighted by Gasteiger charge is -2.10. The second-order valence-electron chi connectivity index (χ2n) is 3.66. The van der Waals surface area contributed by atoms with Crippen LogP contribution in [0.1, 0.15) is 41.4 Å². The van der Waals surface area contributed by atoms with Crippen molar-refractivity contribution in [3.05, 3.63) is 34.4 Å². The summed E-state index contributed by atoms with van der Waals surface area (Å²) in [7, 11) is 2.19. The van der Waals surface area contributed by atoms with Crippen molar-refractivity contribution in [2.45, 2.75) is 0 Å². The van der Waals surface area contributed by atoms with E-state index < -0.39 is 23.8 Å². The minimum absolute atomic E-state index is 0.252. The molecule has 4 N–H and O–H groups in total. The van der Waals surface area contributed by atoms with Crippen LogP contribution in [0.3, 0.4) is 0 Å². The molecule has 0 aliphatic heterocycles. The number of hydrogen-bond acceptors (Lipinski definition) is 6. The van der Waals surface area contributed by atoms with E-state index >= 15 is 0 Å². The molecule has 0 aliphatic carbocycles. The van der Waals surface area contributed by atoms with Crippen LogP contribution in [-0.2, 0) is 9.47 Å². The van der Waals surface area contributed by atoms with Gasteiger partial charge in [0, 0.05) is 0 Å². The van der Waals surface area contributed by atoms with E-state index in [1.807, 2.05) is 0 Å². The average Bonchev–Trinajstić information content (AvgIpc) is 2.43. The van der Waals surface area contributed by atoms with Crippen LogP contribution >= 0.6 is 0 Å². The fraction of sp³-hybridized carbons (Fsp3) is 0.167. The van der Waals surface area contributed by atoms with Gasteiger partial charge < -0.3 is 20.9 Å². The smallest absolute Gasteiger partial charge is 0.338 e. The fourth-order valence-corrected chi connectivity index (χ4v) is 1.57. The Morgan fingerprint density at radius 2 is 1.05 bits per heavy atom. The van der Waals surface area contributed by atoms with Crippen LogP contribution < -0.4 is 11.5 Å². The lowest BCUT2D eigenvalue weighted by Crippen LogP contribution is -2.23. The predicted molar refractivity (Wildman–Crippen MR) is 66.2 cm³/mol. The molecule has 1 aromatic rings. The molecule has 2 amide bonds. The van der Waals surface area contributed by atoms with Gasteiger partial charge in [0.15, 0.2) is 0 Å². The summed E-state index contributed by atoms with van der Waals surface area (Å²) in [4.78, 5) is 45.8. The number of carbonyl (C=O) groups excluding carboxylic acids is 4. The number of benzene rings is 1. The van der Waals surface area contributed by atoms with Crippen LogP contribution in [0.15, 0.2) is 12.1 Å². The normalized spacial score (nSPS) is 9.70. The molecule has 1 rings (SSSR count). The van der Waals surface area contributed by atoms with Gasteiger partial charge in [0.05, 0.1) is 36.5 Å². The highest BCUT2D eigenvalue weighted by Crippen LogP contribution is 2.19. The second kappa shape index (κ2) is 5.83. The fourth-order valence-electron chi connectivity index (χ4n) is 1.57. The molecule has 0 unspecified atom stereocenters. The van der Waals surface area contributed by atoms with Gasteiger partial charge in [-0.1, -0.05) is 0 Å². The molecule has 0 aromatic heterocycles. The van der Waals surface area contributed by atoms with Gasteiger partial charge in [0.2, 0.25) is 11.8 Å². The lowest BCUT2D eigenvalue weighted by molar-refractivity contribution is 0.0555. The van der Waals surface area contributed by atoms with Gasteiger partial charge in [-0.25, -0.2) is 9.59 Å². The highest BCUT2D eigenvalue weighted by molar-refractivity contribution is 6.11. The molecule has 0 spiro atoms. The third kappa shape index (κ3) is 2.74. The number of amides is 2. The number of nitrogens with two attached hydrogens (primary N) is 2. The zero-order chi connectivity index (χ0) is 15.4. The summed E-state index contributed by atoms with van der Waals surface area (Å²) < 4.78 is 8.98. The van der Waals surface area contributed by atoms with Crippen molar-refractivity contribution >= 4 is 23.8 Å². The summed E-state index contributed by atoms with van der Waals surface area (Å²) in [6.07, 6.45) is 0. The Labute approximate surface area is 113 Å². The topological polar surface area (TPSA) is 139 Å². The van der Waals surface area contributed by atoms with Crippen molar-refractivity contribution in [2.24, 2.45) is 11.5 Å². The van der Waals surface area contributed by atoms with E-state index in [1.54, 1.807) is 0 Å². The van der Waals surface area contributed by atoms with Crippen molar-refractivity contribution in [3.8, 4) is 0 Å². The molecule has 1 aromatic carbocycles. The molecule has 0 saturated heterocycles. The summed E-state index contributed by atoms with van der Waals surface area (Å²) >= 11 is 0. The van der Waals surface area contributed by atoms with E-state index in [1.165, 1.54) is 0 Å². The van der Waals surface area contributed by atoms with Gasteiger partial charge in [-0.2, -0.15) is 0 Å². The van der Waals surface area contributed by atoms with Crippen LogP contribution in [0.5, 0.6) is 0 Å². The van der Waals surface area contributed by atoms with E-state index in [2.05, 4.69) is 9.47 Å². The van der Waals surface area contributed by atoms with Gasteiger partial charge in [0.25, 0.3) is 0 Å². The van der Waals surface area contributed by atoms with E-state index in [9.17, 15) is 19.2 Å². The zero-order valence-corrected chi connectivity index (χ0v) is 10.8. The number of rotatable bonds is 4. The molecule has 8 nitrogen and oxygen atoms in total. The maximum absolute atomic E-state index is 11.6. The highest BCUT2D eigenvalue weighted by atomic mass is 16.5. The highest BCUT2D eigenvalue weighted by Gasteiger charge is 2.24. The van der Waals surface area contributed by atoms with Gasteiger partial charge >= 0.3 is 11.9 Å². The van der Waals surface area contributed by atoms with E-state index in [0.29, 0.717) is 0 Å². The maximum Gasteiger partial charge on any atom is 0.338 e. The molecule has 0 aliphatic rings. The number of primary amides is 2. The Morgan fingerprint density at radius 3 is 1.25 bits per heavy atom. The molecule has 0 heterocycles. The van der Waals surface area contributed by atoms with Crippen LogP contribution in [0.4, 0.5) is 0 Å². The number of ether oxygens (including phenoxy) is 2. The first kappa shape index (κ1) is 15.2. The summed E-state index contributed by atoms with van der Waals surface area (Å²) in [5.74, 6) is -3.71. The maximum atomic E-state index is 11.6. The minimum atomic E-state index is -0.972. The SMILES string of the molecule is COC(=O)c1cc(C(N)=O)c(C(N)=O)cc1C(=O)OC. The number of carbonyl (C=O) groups is 4. The number of methoxy groups -OCH3 is 2. The first-order valence-corrected chi connectivity index (χ1v) is 5.27. The predicted octanol–water partition coefficient (Wildman–Crippen LogP) is -0.542. The summed E-state index contributed by atoms with van der Waals surface area (Å²) in [6.45, 7) is 0. The van der Waals surface area contributed by atoms with Crippen LogP contribution in [0.2, 0.25) is 0 Å². The lowest BCUT2D eigenvalue weighted by atomic mass is 9.97. The molecular formula is C12H12N2O6. The molecule has 0 bridgehead atoms. The van der Waals surface area contributed by atoms with Crippen LogP contribution in [0, 0.1) is 0 Å². The quantitative estimate of drug-likeness (QED) is 0.710. The second-order valence-corrected chi connectivity index (χ2v) is 3.66. The van der Waals surface area contributed by atoms with Crippen molar-refractivity contribution in [1.29, 1.82) is 0 Å². The van der Waals surface area contributed by atoms with Crippen LogP contribution in [-0.4, -0.2) is 38.0 Å². The van der Waals surface area contributed by atoms with Crippen molar-refractivity contribution in [2.75, 3.05) is 14.2 Å². The molecule has 20 heavy (non-hydrogen) atoms. The zero-order valence-electron chi connectivity index (χ0n) is 10.8. The molecule has 0 fully saturated rings. The van der Waals surface area contributed by atoms with Crippen molar-refractivity contribution in [1.82, 2.24) is 0 Å². The number of esters is 2. The third-order valence-electron chi connectivity index (χ3n) is 2.50. The molecular weight excluding hydrogens is 268 g/mol. The largest absolute Gasteiger partial charge is 0.465 e. The molecule has 8 heteroatoms. The monoisotopic (exact) mass is 280 g/mol. The van der Waals surface area contributed by atoms with Gasteiger partial charge in [-0.3, -0.25) is 9.59 Å². The Bertz CT molecular complexity index is 555. The molecule has 0 atom stereocenters. The standard InChI is InChI=1S/C12H12N2O6/c1-19-11(17)7-3-5(9(13)15)6(10(14)16)4-8(7)12(18)20-2/h3-4H,1-2H3,(H2,13,15)(H2,14,16). The van der Waals surface area contributed by atoms with Gasteiger partial charge in [0.1, 0.15) is 0 Å². The van der Waals surface area contributed by atoms with E-state index in [4.69, 9.17) is 11.5 Å². The van der Waals surface area contributed by atoms with Crippen LogP contribution in [0.25, 0.3) is 0 Å². The summed E-state index contributed by atoms with van der Waals surface area (Å²) in [6, 6.07) is 1.95. The van der Waals surface area contributed by atoms with Crippen molar-refractivity contribution < 1.29 is 28.7 Å². The Balaban J connectivity index is 3.69. The first-order chi connectivity index (χ1) is 9.33. The van der Waals surface area contributed by atoms with Gasteiger partial charge in [-0.15, -0.1) is 0 Å². The molecule has 106 valence electrons. The summed E-state index contributed by atoms with van der Waals surface area (Å²) in [5.41, 5.74) is 9.14.